The number of hydrogen-bond donors (Lipinski definition) is 1. The molecule has 0 radical (unpaired) electrons. The number of benzene rings is 3. The minimum absolute atomic E-state index is 0.122. The number of aryl methyl sites for hydroxylation is 3. The Morgan fingerprint density at radius 1 is 0.838 bits per heavy atom. The van der Waals surface area contributed by atoms with Crippen LogP contribution in [0.15, 0.2) is 94.6 Å². The lowest BCUT2D eigenvalue weighted by molar-refractivity contribution is -0.132. The van der Waals surface area contributed by atoms with E-state index in [1.165, 1.54) is 4.90 Å². The first-order valence-corrected chi connectivity index (χ1v) is 11.9. The Bertz CT molecular complexity index is 1590. The number of amides is 1. The van der Waals surface area contributed by atoms with Crippen LogP contribution >= 0.6 is 0 Å². The first-order valence-electron chi connectivity index (χ1n) is 11.9. The van der Waals surface area contributed by atoms with Crippen LogP contribution in [-0.4, -0.2) is 28.0 Å². The van der Waals surface area contributed by atoms with Crippen LogP contribution in [0, 0.1) is 32.1 Å². The predicted octanol–water partition coefficient (Wildman–Crippen LogP) is 5.54. The van der Waals surface area contributed by atoms with Gasteiger partial charge in [0.05, 0.1) is 28.6 Å². The largest absolute Gasteiger partial charge is 0.507 e. The standard InChI is InChI=1S/C31H25N3O3/c1-18-5-11-22(12-6-18)27(35)26-28(36)30(37)34(24-15-9-20(3)10-16-24)31(26)25(17-32)21(4)33-29(31)23-13-7-19(2)8-14-23/h5-16,35H,1-4H3/b27-26+. The Hall–Kier alpha value is -4.76. The maximum atomic E-state index is 13.8. The van der Waals surface area contributed by atoms with E-state index in [9.17, 15) is 20.0 Å². The van der Waals surface area contributed by atoms with E-state index in [-0.39, 0.29) is 16.9 Å². The highest BCUT2D eigenvalue weighted by Crippen LogP contribution is 2.50. The van der Waals surface area contributed by atoms with E-state index < -0.39 is 17.2 Å². The van der Waals surface area contributed by atoms with Crippen molar-refractivity contribution in [2.45, 2.75) is 33.2 Å². The first-order chi connectivity index (χ1) is 17.7. The maximum Gasteiger partial charge on any atom is 0.300 e. The van der Waals surface area contributed by atoms with E-state index in [0.29, 0.717) is 28.2 Å². The number of aliphatic hydroxyl groups is 1. The van der Waals surface area contributed by atoms with Gasteiger partial charge in [-0.3, -0.25) is 19.5 Å². The molecular formula is C31H25N3O3. The van der Waals surface area contributed by atoms with Gasteiger partial charge in [-0.2, -0.15) is 5.26 Å². The summed E-state index contributed by atoms with van der Waals surface area (Å²) in [4.78, 5) is 33.7. The number of aliphatic imine (C=N–C) groups is 1. The number of hydrogen-bond acceptors (Lipinski definition) is 5. The van der Waals surface area contributed by atoms with Crippen molar-refractivity contribution in [3.63, 3.8) is 0 Å². The Labute approximate surface area is 215 Å². The van der Waals surface area contributed by atoms with Crippen LogP contribution < -0.4 is 4.90 Å². The lowest BCUT2D eigenvalue weighted by Crippen LogP contribution is -2.53. The van der Waals surface area contributed by atoms with Crippen LogP contribution in [0.25, 0.3) is 5.76 Å². The van der Waals surface area contributed by atoms with Crippen molar-refractivity contribution in [3.8, 4) is 6.07 Å². The number of rotatable bonds is 3. The number of aliphatic hydroxyl groups excluding tert-OH is 1. The molecule has 1 amide bonds. The average molecular weight is 488 g/mol. The van der Waals surface area contributed by atoms with E-state index in [4.69, 9.17) is 4.99 Å². The fourth-order valence-electron chi connectivity index (χ4n) is 5.07. The van der Waals surface area contributed by atoms with E-state index in [0.717, 1.165) is 16.7 Å². The third-order valence-corrected chi connectivity index (χ3v) is 6.96. The molecule has 1 unspecified atom stereocenters. The van der Waals surface area contributed by atoms with Crippen molar-refractivity contribution in [3.05, 3.63) is 117 Å². The van der Waals surface area contributed by atoms with E-state index >= 15 is 0 Å². The molecule has 6 nitrogen and oxygen atoms in total. The van der Waals surface area contributed by atoms with Crippen molar-refractivity contribution in [2.75, 3.05) is 4.90 Å². The Morgan fingerprint density at radius 3 is 1.89 bits per heavy atom. The zero-order valence-electron chi connectivity index (χ0n) is 21.0. The fraction of sp³-hybridized carbons (Fsp3) is 0.161. The van der Waals surface area contributed by atoms with Gasteiger partial charge in [0, 0.05) is 11.3 Å². The van der Waals surface area contributed by atoms with Gasteiger partial charge in [0.25, 0.3) is 5.78 Å². The Balaban J connectivity index is 1.91. The van der Waals surface area contributed by atoms with E-state index in [1.807, 2.05) is 69.3 Å². The van der Waals surface area contributed by atoms with Gasteiger partial charge >= 0.3 is 5.91 Å². The molecule has 0 aliphatic carbocycles. The number of carbonyl (C=O) groups is 2. The maximum absolute atomic E-state index is 13.8. The van der Waals surface area contributed by atoms with Crippen LogP contribution in [0.3, 0.4) is 0 Å². The molecule has 182 valence electrons. The first kappa shape index (κ1) is 24.0. The Morgan fingerprint density at radius 2 is 1.35 bits per heavy atom. The van der Waals surface area contributed by atoms with Crippen LogP contribution in [0.5, 0.6) is 0 Å². The second-order valence-corrected chi connectivity index (χ2v) is 9.50. The van der Waals surface area contributed by atoms with Gasteiger partial charge in [-0.15, -0.1) is 0 Å². The van der Waals surface area contributed by atoms with Gasteiger partial charge in [0.2, 0.25) is 0 Å². The minimum Gasteiger partial charge on any atom is -0.507 e. The molecule has 1 spiro atoms. The van der Waals surface area contributed by atoms with E-state index in [2.05, 4.69) is 6.07 Å². The molecule has 0 saturated carbocycles. The van der Waals surface area contributed by atoms with Gasteiger partial charge in [-0.1, -0.05) is 77.4 Å². The lowest BCUT2D eigenvalue weighted by Gasteiger charge is -2.37. The van der Waals surface area contributed by atoms with Crippen molar-refractivity contribution in [1.29, 1.82) is 5.26 Å². The summed E-state index contributed by atoms with van der Waals surface area (Å²) in [6.45, 7) is 7.47. The topological polar surface area (TPSA) is 93.8 Å². The zero-order chi connectivity index (χ0) is 26.5. The SMILES string of the molecule is CC1=C(C#N)C2(C(c3ccc(C)cc3)=N1)/C(=C(/O)c1ccc(C)cc1)C(=O)C(=O)N2c1ccc(C)cc1. The molecular weight excluding hydrogens is 462 g/mol. The van der Waals surface area contributed by atoms with Gasteiger partial charge in [0.15, 0.2) is 5.54 Å². The molecule has 5 rings (SSSR count). The molecule has 1 atom stereocenters. The fourth-order valence-corrected chi connectivity index (χ4v) is 5.07. The highest BCUT2D eigenvalue weighted by Gasteiger charge is 2.65. The molecule has 0 aromatic heterocycles. The van der Waals surface area contributed by atoms with Crippen molar-refractivity contribution >= 4 is 28.8 Å². The van der Waals surface area contributed by atoms with Crippen molar-refractivity contribution < 1.29 is 14.7 Å². The van der Waals surface area contributed by atoms with Gasteiger partial charge < -0.3 is 5.11 Å². The second-order valence-electron chi connectivity index (χ2n) is 9.50. The third kappa shape index (κ3) is 3.51. The summed E-state index contributed by atoms with van der Waals surface area (Å²) in [5.74, 6) is -2.06. The van der Waals surface area contributed by atoms with Crippen LogP contribution in [0.4, 0.5) is 5.69 Å². The number of nitriles is 1. The number of Topliss-reactive ketones (excluding diaryl/α,β-unsaturated/α-hetero) is 1. The molecule has 3 aromatic rings. The highest BCUT2D eigenvalue weighted by atomic mass is 16.3. The molecule has 3 aromatic carbocycles. The van der Waals surface area contributed by atoms with E-state index in [1.54, 1.807) is 31.2 Å². The average Bonchev–Trinajstić information content (AvgIpc) is 3.29. The number of allylic oxidation sites excluding steroid dienone is 1. The summed E-state index contributed by atoms with van der Waals surface area (Å²) < 4.78 is 0. The summed E-state index contributed by atoms with van der Waals surface area (Å²) in [5.41, 5.74) is 3.36. The number of nitrogens with zero attached hydrogens (tertiary/aromatic N) is 3. The Kier molecular flexibility index (Phi) is 5.65. The number of anilines is 1. The molecule has 2 aliphatic rings. The third-order valence-electron chi connectivity index (χ3n) is 6.96. The monoisotopic (exact) mass is 487 g/mol. The molecule has 2 heterocycles. The molecule has 37 heavy (non-hydrogen) atoms. The summed E-state index contributed by atoms with van der Waals surface area (Å²) in [5, 5.41) is 22.1. The zero-order valence-corrected chi connectivity index (χ0v) is 21.0. The van der Waals surface area contributed by atoms with Crippen LogP contribution in [0.2, 0.25) is 0 Å². The quantitative estimate of drug-likeness (QED) is 0.298. The lowest BCUT2D eigenvalue weighted by atomic mass is 9.75. The molecule has 0 bridgehead atoms. The summed E-state index contributed by atoms with van der Waals surface area (Å²) in [6, 6.07) is 23.9. The molecule has 1 saturated heterocycles. The summed E-state index contributed by atoms with van der Waals surface area (Å²) in [6.07, 6.45) is 0. The molecule has 1 fully saturated rings. The van der Waals surface area contributed by atoms with Crippen molar-refractivity contribution in [1.82, 2.24) is 0 Å². The number of ketones is 1. The molecule has 6 heteroatoms. The molecule has 2 aliphatic heterocycles. The van der Waals surface area contributed by atoms with Gasteiger partial charge in [0.1, 0.15) is 5.76 Å². The van der Waals surface area contributed by atoms with Crippen LogP contribution in [-0.2, 0) is 9.59 Å². The predicted molar refractivity (Wildman–Crippen MR) is 143 cm³/mol. The summed E-state index contributed by atoms with van der Waals surface area (Å²) >= 11 is 0. The smallest absolute Gasteiger partial charge is 0.300 e. The number of carbonyl (C=O) groups excluding carboxylic acids is 2. The minimum atomic E-state index is -1.73. The van der Waals surface area contributed by atoms with Crippen LogP contribution in [0.1, 0.15) is 34.7 Å². The summed E-state index contributed by atoms with van der Waals surface area (Å²) in [7, 11) is 0. The second kappa shape index (κ2) is 8.72. The van der Waals surface area contributed by atoms with Crippen molar-refractivity contribution in [2.24, 2.45) is 4.99 Å². The van der Waals surface area contributed by atoms with Gasteiger partial charge in [-0.05, 0) is 45.4 Å². The molecule has 1 N–H and O–H groups in total. The highest BCUT2D eigenvalue weighted by molar-refractivity contribution is 6.56. The normalized spacial score (nSPS) is 20.5. The van der Waals surface area contributed by atoms with Gasteiger partial charge in [-0.25, -0.2) is 0 Å².